The molecule has 4 heteroatoms. The van der Waals surface area contributed by atoms with E-state index in [2.05, 4.69) is 22.5 Å². The predicted molar refractivity (Wildman–Crippen MR) is 74.9 cm³/mol. The number of anilines is 2. The average Bonchev–Trinajstić information content (AvgIpc) is 2.42. The van der Waals surface area contributed by atoms with Crippen LogP contribution in [0.4, 0.5) is 11.6 Å². The molecule has 1 aromatic rings. The Labute approximate surface area is 109 Å². The maximum absolute atomic E-state index is 9.71. The molecule has 0 radical (unpaired) electrons. The van der Waals surface area contributed by atoms with Gasteiger partial charge in [-0.05, 0) is 43.7 Å². The summed E-state index contributed by atoms with van der Waals surface area (Å²) in [5, 5.41) is 16.2. The fourth-order valence-electron chi connectivity index (χ4n) is 2.55. The number of nitrogens with zero attached hydrogens (tertiary/aromatic N) is 1. The number of hydrogen-bond acceptors (Lipinski definition) is 4. The second-order valence-electron chi connectivity index (χ2n) is 5.40. The summed E-state index contributed by atoms with van der Waals surface area (Å²) < 4.78 is 0. The summed E-state index contributed by atoms with van der Waals surface area (Å²) in [4.78, 5) is 4.46. The summed E-state index contributed by atoms with van der Waals surface area (Å²) in [5.74, 6) is 2.45. The third-order valence-corrected chi connectivity index (χ3v) is 3.93. The van der Waals surface area contributed by atoms with Gasteiger partial charge in [0.25, 0.3) is 0 Å². The second-order valence-corrected chi connectivity index (χ2v) is 5.40. The van der Waals surface area contributed by atoms with Crippen molar-refractivity contribution >= 4 is 11.6 Å². The standard InChI is InChI=1S/C14H23N3O/c1-11-6-8-14(10-18,9-7-11)17-13-5-3-4-12(15-2)16-13/h3-5,11,18H,6-10H2,1-2H3,(H2,15,16,17). The molecular weight excluding hydrogens is 226 g/mol. The van der Waals surface area contributed by atoms with Gasteiger partial charge >= 0.3 is 0 Å². The average molecular weight is 249 g/mol. The number of aliphatic hydroxyl groups is 1. The van der Waals surface area contributed by atoms with Gasteiger partial charge in [0.15, 0.2) is 0 Å². The molecule has 0 aliphatic heterocycles. The van der Waals surface area contributed by atoms with E-state index in [1.807, 2.05) is 25.2 Å². The first kappa shape index (κ1) is 13.1. The van der Waals surface area contributed by atoms with Crippen LogP contribution in [0.2, 0.25) is 0 Å². The van der Waals surface area contributed by atoms with Gasteiger partial charge in [0.05, 0.1) is 12.1 Å². The fraction of sp³-hybridized carbons (Fsp3) is 0.643. The highest BCUT2D eigenvalue weighted by Gasteiger charge is 2.33. The Bertz CT molecular complexity index is 386. The molecule has 1 fully saturated rings. The SMILES string of the molecule is CNc1cccc(NC2(CO)CCC(C)CC2)n1. The van der Waals surface area contributed by atoms with Crippen LogP contribution >= 0.6 is 0 Å². The smallest absolute Gasteiger partial charge is 0.128 e. The number of hydrogen-bond donors (Lipinski definition) is 3. The third-order valence-electron chi connectivity index (χ3n) is 3.93. The minimum absolute atomic E-state index is 0.172. The highest BCUT2D eigenvalue weighted by Crippen LogP contribution is 2.34. The zero-order chi connectivity index (χ0) is 13.0. The molecule has 1 aliphatic rings. The topological polar surface area (TPSA) is 57.2 Å². The van der Waals surface area contributed by atoms with Crippen molar-refractivity contribution < 1.29 is 5.11 Å². The van der Waals surface area contributed by atoms with Gasteiger partial charge in [-0.3, -0.25) is 0 Å². The number of aromatic nitrogens is 1. The number of nitrogens with one attached hydrogen (secondary N) is 2. The normalized spacial score (nSPS) is 27.8. The first-order valence-electron chi connectivity index (χ1n) is 6.71. The summed E-state index contributed by atoms with van der Waals surface area (Å²) in [6.45, 7) is 2.45. The van der Waals surface area contributed by atoms with E-state index in [1.54, 1.807) is 0 Å². The molecule has 18 heavy (non-hydrogen) atoms. The first-order valence-corrected chi connectivity index (χ1v) is 6.71. The van der Waals surface area contributed by atoms with Gasteiger partial charge in [-0.2, -0.15) is 0 Å². The molecule has 0 unspecified atom stereocenters. The molecule has 3 N–H and O–H groups in total. The lowest BCUT2D eigenvalue weighted by Crippen LogP contribution is -2.45. The summed E-state index contributed by atoms with van der Waals surface area (Å²) in [5.41, 5.74) is -0.189. The molecule has 1 aliphatic carbocycles. The van der Waals surface area contributed by atoms with Gasteiger partial charge in [-0.25, -0.2) is 4.98 Å². The van der Waals surface area contributed by atoms with Crippen LogP contribution in [0.1, 0.15) is 32.6 Å². The minimum Gasteiger partial charge on any atom is -0.394 e. The molecular formula is C14H23N3O. The Kier molecular flexibility index (Phi) is 4.07. The third kappa shape index (κ3) is 2.93. The lowest BCUT2D eigenvalue weighted by Gasteiger charge is -2.39. The Hall–Kier alpha value is -1.29. The van der Waals surface area contributed by atoms with Crippen molar-refractivity contribution in [1.82, 2.24) is 4.98 Å². The molecule has 0 atom stereocenters. The van der Waals surface area contributed by atoms with E-state index in [1.165, 1.54) is 12.8 Å². The van der Waals surface area contributed by atoms with Gasteiger partial charge in [0.2, 0.25) is 0 Å². The van der Waals surface area contributed by atoms with Crippen LogP contribution in [-0.4, -0.2) is 29.3 Å². The van der Waals surface area contributed by atoms with Crippen LogP contribution < -0.4 is 10.6 Å². The molecule has 0 aromatic carbocycles. The molecule has 4 nitrogen and oxygen atoms in total. The van der Waals surface area contributed by atoms with Crippen LogP contribution in [0.5, 0.6) is 0 Å². The van der Waals surface area contributed by atoms with Crippen LogP contribution in [0.25, 0.3) is 0 Å². The van der Waals surface area contributed by atoms with Crippen molar-refractivity contribution in [3.63, 3.8) is 0 Å². The molecule has 0 amide bonds. The first-order chi connectivity index (χ1) is 8.67. The van der Waals surface area contributed by atoms with E-state index in [-0.39, 0.29) is 12.1 Å². The molecule has 0 bridgehead atoms. The van der Waals surface area contributed by atoms with Crippen molar-refractivity contribution in [2.45, 2.75) is 38.1 Å². The van der Waals surface area contributed by atoms with Crippen LogP contribution in [0.3, 0.4) is 0 Å². The van der Waals surface area contributed by atoms with E-state index in [0.717, 1.165) is 30.4 Å². The van der Waals surface area contributed by atoms with Gasteiger partial charge < -0.3 is 15.7 Å². The zero-order valence-corrected chi connectivity index (χ0v) is 11.2. The highest BCUT2D eigenvalue weighted by molar-refractivity contribution is 5.46. The summed E-state index contributed by atoms with van der Waals surface area (Å²) in [6, 6.07) is 5.85. The molecule has 2 rings (SSSR count). The largest absolute Gasteiger partial charge is 0.394 e. The molecule has 1 saturated carbocycles. The lowest BCUT2D eigenvalue weighted by molar-refractivity contribution is 0.155. The number of pyridine rings is 1. The number of rotatable bonds is 4. The van der Waals surface area contributed by atoms with E-state index < -0.39 is 0 Å². The zero-order valence-electron chi connectivity index (χ0n) is 11.2. The van der Waals surface area contributed by atoms with Crippen molar-refractivity contribution in [3.05, 3.63) is 18.2 Å². The van der Waals surface area contributed by atoms with Crippen molar-refractivity contribution in [2.24, 2.45) is 5.92 Å². The summed E-state index contributed by atoms with van der Waals surface area (Å²) >= 11 is 0. The Morgan fingerprint density at radius 2 is 2.00 bits per heavy atom. The second kappa shape index (κ2) is 5.57. The molecule has 0 spiro atoms. The van der Waals surface area contributed by atoms with Gasteiger partial charge in [-0.15, -0.1) is 0 Å². The van der Waals surface area contributed by atoms with Crippen LogP contribution in [0, 0.1) is 5.92 Å². The Balaban J connectivity index is 2.09. The maximum Gasteiger partial charge on any atom is 0.128 e. The Morgan fingerprint density at radius 1 is 1.33 bits per heavy atom. The molecule has 1 aromatic heterocycles. The van der Waals surface area contributed by atoms with Crippen molar-refractivity contribution in [2.75, 3.05) is 24.3 Å². The van der Waals surface area contributed by atoms with Crippen molar-refractivity contribution in [3.8, 4) is 0 Å². The number of aliphatic hydroxyl groups excluding tert-OH is 1. The van der Waals surface area contributed by atoms with E-state index >= 15 is 0 Å². The summed E-state index contributed by atoms with van der Waals surface area (Å²) in [6.07, 6.45) is 4.35. The monoisotopic (exact) mass is 249 g/mol. The quantitative estimate of drug-likeness (QED) is 0.767. The Morgan fingerprint density at radius 3 is 2.61 bits per heavy atom. The molecule has 100 valence electrons. The van der Waals surface area contributed by atoms with Crippen LogP contribution in [-0.2, 0) is 0 Å². The van der Waals surface area contributed by atoms with E-state index in [4.69, 9.17) is 0 Å². The van der Waals surface area contributed by atoms with E-state index in [9.17, 15) is 5.11 Å². The fourth-order valence-corrected chi connectivity index (χ4v) is 2.55. The highest BCUT2D eigenvalue weighted by atomic mass is 16.3. The molecule has 1 heterocycles. The van der Waals surface area contributed by atoms with Crippen LogP contribution in [0.15, 0.2) is 18.2 Å². The predicted octanol–water partition coefficient (Wildman–Crippen LogP) is 2.48. The van der Waals surface area contributed by atoms with Gasteiger partial charge in [0.1, 0.15) is 11.6 Å². The van der Waals surface area contributed by atoms with Gasteiger partial charge in [-0.1, -0.05) is 13.0 Å². The lowest BCUT2D eigenvalue weighted by atomic mass is 9.77. The maximum atomic E-state index is 9.71. The van der Waals surface area contributed by atoms with E-state index in [0.29, 0.717) is 0 Å². The van der Waals surface area contributed by atoms with Crippen molar-refractivity contribution in [1.29, 1.82) is 0 Å². The summed E-state index contributed by atoms with van der Waals surface area (Å²) in [7, 11) is 1.86. The molecule has 0 saturated heterocycles. The van der Waals surface area contributed by atoms with Gasteiger partial charge in [0, 0.05) is 7.05 Å². The minimum atomic E-state index is -0.189.